The highest BCUT2D eigenvalue weighted by Gasteiger charge is 2.38. The smallest absolute Gasteiger partial charge is 0.305 e. The van der Waals surface area contributed by atoms with Gasteiger partial charge in [-0.15, -0.1) is 0 Å². The van der Waals surface area contributed by atoms with Crippen LogP contribution in [0.3, 0.4) is 0 Å². The molecule has 138 valence electrons. The van der Waals surface area contributed by atoms with E-state index in [-0.39, 0.29) is 27.9 Å². The average Bonchev–Trinajstić information content (AvgIpc) is 2.83. The molecule has 1 heterocycles. The maximum Gasteiger partial charge on any atom is 0.305 e. The molecule has 1 saturated heterocycles. The third-order valence-corrected chi connectivity index (χ3v) is 5.07. The van der Waals surface area contributed by atoms with Crippen molar-refractivity contribution in [1.82, 2.24) is 10.2 Å². The van der Waals surface area contributed by atoms with Crippen molar-refractivity contribution in [3.63, 3.8) is 0 Å². The highest BCUT2D eigenvalue weighted by molar-refractivity contribution is 8.26. The zero-order chi connectivity index (χ0) is 19.4. The summed E-state index contributed by atoms with van der Waals surface area (Å²) >= 11 is 12.1. The van der Waals surface area contributed by atoms with E-state index in [9.17, 15) is 19.5 Å². The van der Waals surface area contributed by atoms with Crippen LogP contribution in [0.1, 0.15) is 18.9 Å². The summed E-state index contributed by atoms with van der Waals surface area (Å²) in [5.41, 5.74) is 0.358. The van der Waals surface area contributed by atoms with Crippen molar-refractivity contribution in [3.8, 4) is 5.75 Å². The lowest BCUT2D eigenvalue weighted by Gasteiger charge is -2.22. The van der Waals surface area contributed by atoms with E-state index in [0.29, 0.717) is 10.6 Å². The number of nitrogens with zero attached hydrogens (tertiary/aromatic N) is 1. The minimum Gasteiger partial charge on any atom is -0.507 e. The van der Waals surface area contributed by atoms with Crippen molar-refractivity contribution < 1.29 is 24.6 Å². The summed E-state index contributed by atoms with van der Waals surface area (Å²) in [7, 11) is 0. The number of hydrogen-bond acceptors (Lipinski definition) is 6. The minimum absolute atomic E-state index is 0.0421. The van der Waals surface area contributed by atoms with Crippen LogP contribution in [-0.4, -0.2) is 49.8 Å². The molecule has 1 aliphatic heterocycles. The van der Waals surface area contributed by atoms with Crippen molar-refractivity contribution in [2.45, 2.75) is 19.4 Å². The van der Waals surface area contributed by atoms with Gasteiger partial charge in [0, 0.05) is 17.1 Å². The van der Waals surface area contributed by atoms with Gasteiger partial charge >= 0.3 is 5.97 Å². The number of nitrogens with one attached hydrogen (secondary N) is 1. The molecule has 0 radical (unpaired) electrons. The zero-order valence-corrected chi connectivity index (χ0v) is 16.0. The summed E-state index contributed by atoms with van der Waals surface area (Å²) in [6.45, 7) is 1.46. The average molecular weight is 415 g/mol. The van der Waals surface area contributed by atoms with Gasteiger partial charge in [-0.25, -0.2) is 0 Å². The molecule has 0 aromatic heterocycles. The highest BCUT2D eigenvalue weighted by atomic mass is 35.5. The van der Waals surface area contributed by atoms with E-state index in [4.69, 9.17) is 28.9 Å². The molecule has 2 rings (SSSR count). The molecular weight excluding hydrogens is 400 g/mol. The van der Waals surface area contributed by atoms with Crippen molar-refractivity contribution in [2.24, 2.45) is 0 Å². The van der Waals surface area contributed by atoms with Gasteiger partial charge in [-0.3, -0.25) is 19.3 Å². The number of carboxylic acids is 1. The van der Waals surface area contributed by atoms with E-state index < -0.39 is 23.8 Å². The lowest BCUT2D eigenvalue weighted by atomic mass is 10.1. The van der Waals surface area contributed by atoms with Gasteiger partial charge in [0.15, 0.2) is 0 Å². The number of aliphatic carboxylic acids is 1. The molecular formula is C16H15ClN2O5S2. The first-order valence-corrected chi connectivity index (χ1v) is 9.06. The van der Waals surface area contributed by atoms with E-state index in [1.807, 2.05) is 0 Å². The topological polar surface area (TPSA) is 107 Å². The summed E-state index contributed by atoms with van der Waals surface area (Å²) in [6.07, 6.45) is 1.24. The number of benzene rings is 1. The lowest BCUT2D eigenvalue weighted by molar-refractivity contribution is -0.137. The first-order chi connectivity index (χ1) is 12.2. The molecule has 1 aromatic carbocycles. The number of halogens is 1. The molecule has 0 spiro atoms. The van der Waals surface area contributed by atoms with Crippen LogP contribution in [0.15, 0.2) is 23.1 Å². The number of thioether (sulfide) groups is 1. The SMILES string of the molecule is CC(C(=O)NCCC(=O)O)N1C(=O)/C(=C/c2cc(Cl)ccc2O)SC1=S. The Balaban J connectivity index is 2.15. The second-order valence-electron chi connectivity index (χ2n) is 5.37. The maximum absolute atomic E-state index is 12.6. The van der Waals surface area contributed by atoms with Gasteiger partial charge in [0.1, 0.15) is 16.1 Å². The Hall–Kier alpha value is -2.10. The second kappa shape index (κ2) is 8.52. The molecule has 1 aliphatic rings. The zero-order valence-electron chi connectivity index (χ0n) is 13.6. The molecule has 1 fully saturated rings. The molecule has 1 unspecified atom stereocenters. The van der Waals surface area contributed by atoms with Crippen LogP contribution in [0.4, 0.5) is 0 Å². The van der Waals surface area contributed by atoms with E-state index in [1.165, 1.54) is 31.2 Å². The van der Waals surface area contributed by atoms with Crippen LogP contribution in [0, 0.1) is 0 Å². The molecule has 0 saturated carbocycles. The summed E-state index contributed by atoms with van der Waals surface area (Å²) in [4.78, 5) is 36.6. The van der Waals surface area contributed by atoms with Crippen LogP contribution >= 0.6 is 35.6 Å². The molecule has 26 heavy (non-hydrogen) atoms. The monoisotopic (exact) mass is 414 g/mol. The molecule has 3 N–H and O–H groups in total. The van der Waals surface area contributed by atoms with Crippen LogP contribution in [0.25, 0.3) is 6.08 Å². The molecule has 1 atom stereocenters. The third kappa shape index (κ3) is 4.75. The fourth-order valence-electron chi connectivity index (χ4n) is 2.15. The van der Waals surface area contributed by atoms with Crippen LogP contribution < -0.4 is 5.32 Å². The molecule has 0 aliphatic carbocycles. The number of carbonyl (C=O) groups is 3. The van der Waals surface area contributed by atoms with E-state index in [1.54, 1.807) is 0 Å². The van der Waals surface area contributed by atoms with Gasteiger partial charge in [-0.2, -0.15) is 0 Å². The Morgan fingerprint density at radius 3 is 2.81 bits per heavy atom. The van der Waals surface area contributed by atoms with Crippen molar-refractivity contribution in [3.05, 3.63) is 33.7 Å². The summed E-state index contributed by atoms with van der Waals surface area (Å²) < 4.78 is 0.198. The Morgan fingerprint density at radius 2 is 2.15 bits per heavy atom. The minimum atomic E-state index is -1.03. The Bertz CT molecular complexity index is 812. The first kappa shape index (κ1) is 20.2. The van der Waals surface area contributed by atoms with Crippen LogP contribution in [0.2, 0.25) is 5.02 Å². The Kier molecular flexibility index (Phi) is 6.63. The highest BCUT2D eigenvalue weighted by Crippen LogP contribution is 2.35. The standard InChI is InChI=1S/C16H15ClN2O5S2/c1-8(14(23)18-5-4-13(21)22)19-15(24)12(26-16(19)25)7-9-6-10(17)2-3-11(9)20/h2-3,6-8,20H,4-5H2,1H3,(H,18,23)(H,21,22)/b12-7-. The number of phenolic OH excluding ortho intramolecular Hbond substituents is 1. The summed E-state index contributed by atoms with van der Waals surface area (Å²) in [6, 6.07) is 3.54. The largest absolute Gasteiger partial charge is 0.507 e. The Labute approximate surface area is 164 Å². The van der Waals surface area contributed by atoms with Crippen molar-refractivity contribution in [2.75, 3.05) is 6.54 Å². The fraction of sp³-hybridized carbons (Fsp3) is 0.250. The first-order valence-electron chi connectivity index (χ1n) is 7.45. The number of amides is 2. The molecule has 0 bridgehead atoms. The lowest BCUT2D eigenvalue weighted by Crippen LogP contribution is -2.47. The van der Waals surface area contributed by atoms with Gasteiger partial charge in [0.2, 0.25) is 5.91 Å². The van der Waals surface area contributed by atoms with Gasteiger partial charge in [0.25, 0.3) is 5.91 Å². The number of rotatable bonds is 6. The fourth-order valence-corrected chi connectivity index (χ4v) is 3.74. The third-order valence-electron chi connectivity index (χ3n) is 3.50. The molecule has 2 amide bonds. The van der Waals surface area contributed by atoms with Gasteiger partial charge in [-0.05, 0) is 31.2 Å². The molecule has 1 aromatic rings. The van der Waals surface area contributed by atoms with Crippen molar-refractivity contribution >= 4 is 63.8 Å². The number of hydrogen-bond donors (Lipinski definition) is 3. The molecule has 7 nitrogen and oxygen atoms in total. The number of carbonyl (C=O) groups excluding carboxylic acids is 2. The van der Waals surface area contributed by atoms with Crippen molar-refractivity contribution in [1.29, 1.82) is 0 Å². The maximum atomic E-state index is 12.6. The second-order valence-corrected chi connectivity index (χ2v) is 7.48. The predicted molar refractivity (Wildman–Crippen MR) is 103 cm³/mol. The van der Waals surface area contributed by atoms with E-state index >= 15 is 0 Å². The van der Waals surface area contributed by atoms with Crippen LogP contribution in [-0.2, 0) is 14.4 Å². The number of carboxylic acid groups (broad SMARTS) is 1. The summed E-state index contributed by atoms with van der Waals surface area (Å²) in [5, 5.41) is 21.3. The molecule has 10 heteroatoms. The van der Waals surface area contributed by atoms with Gasteiger partial charge in [0.05, 0.1) is 11.3 Å². The predicted octanol–water partition coefficient (Wildman–Crippen LogP) is 2.23. The normalized spacial score (nSPS) is 16.8. The van der Waals surface area contributed by atoms with E-state index in [0.717, 1.165) is 16.7 Å². The Morgan fingerprint density at radius 1 is 1.46 bits per heavy atom. The van der Waals surface area contributed by atoms with Crippen LogP contribution in [0.5, 0.6) is 5.75 Å². The number of phenols is 1. The van der Waals surface area contributed by atoms with Gasteiger partial charge < -0.3 is 15.5 Å². The quantitative estimate of drug-likeness (QED) is 0.484. The van der Waals surface area contributed by atoms with Gasteiger partial charge in [-0.1, -0.05) is 35.6 Å². The number of aromatic hydroxyl groups is 1. The number of thiocarbonyl (C=S) groups is 1. The summed E-state index contributed by atoms with van der Waals surface area (Å²) in [5.74, 6) is -2.05. The van der Waals surface area contributed by atoms with E-state index in [2.05, 4.69) is 5.32 Å².